The van der Waals surface area contributed by atoms with Gasteiger partial charge in [-0.25, -0.2) is 0 Å². The molecule has 1 amide bonds. The highest BCUT2D eigenvalue weighted by Gasteiger charge is 2.14. The molecule has 0 bridgehead atoms. The molecular formula is C16H18N2O3. The molecule has 0 radical (unpaired) electrons. The van der Waals surface area contributed by atoms with Crippen LogP contribution in [0.1, 0.15) is 21.7 Å². The Balaban J connectivity index is 2.14. The van der Waals surface area contributed by atoms with E-state index in [4.69, 9.17) is 4.74 Å². The van der Waals surface area contributed by atoms with E-state index in [0.717, 1.165) is 11.4 Å². The average molecular weight is 286 g/mol. The number of aromatic nitrogens is 1. The quantitative estimate of drug-likeness (QED) is 0.937. The highest BCUT2D eigenvalue weighted by molar-refractivity contribution is 5.94. The number of phenols is 1. The van der Waals surface area contributed by atoms with Crippen molar-refractivity contribution in [2.24, 2.45) is 0 Å². The molecule has 1 heterocycles. The second kappa shape index (κ2) is 6.26. The maximum absolute atomic E-state index is 12.3. The van der Waals surface area contributed by atoms with Crippen LogP contribution in [0.15, 0.2) is 36.4 Å². The normalized spacial score (nSPS) is 10.2. The molecule has 0 saturated carbocycles. The summed E-state index contributed by atoms with van der Waals surface area (Å²) >= 11 is 0. The van der Waals surface area contributed by atoms with Gasteiger partial charge in [0.2, 0.25) is 0 Å². The Hall–Kier alpha value is -2.56. The first kappa shape index (κ1) is 14.8. The summed E-state index contributed by atoms with van der Waals surface area (Å²) in [6.45, 7) is 2.32. The van der Waals surface area contributed by atoms with Crippen LogP contribution in [0, 0.1) is 6.92 Å². The Labute approximate surface area is 123 Å². The van der Waals surface area contributed by atoms with E-state index in [1.165, 1.54) is 13.2 Å². The predicted octanol–water partition coefficient (Wildman–Crippen LogP) is 2.38. The van der Waals surface area contributed by atoms with E-state index in [0.29, 0.717) is 17.9 Å². The lowest BCUT2D eigenvalue weighted by atomic mass is 10.1. The molecule has 5 nitrogen and oxygen atoms in total. The van der Waals surface area contributed by atoms with Crippen LogP contribution in [-0.2, 0) is 6.54 Å². The van der Waals surface area contributed by atoms with Gasteiger partial charge in [0.15, 0.2) is 11.5 Å². The van der Waals surface area contributed by atoms with Crippen molar-refractivity contribution in [1.82, 2.24) is 9.88 Å². The van der Waals surface area contributed by atoms with E-state index in [1.54, 1.807) is 24.1 Å². The van der Waals surface area contributed by atoms with Gasteiger partial charge in [-0.1, -0.05) is 6.07 Å². The van der Waals surface area contributed by atoms with Gasteiger partial charge in [-0.2, -0.15) is 0 Å². The second-order valence-electron chi connectivity index (χ2n) is 4.82. The second-order valence-corrected chi connectivity index (χ2v) is 4.82. The van der Waals surface area contributed by atoms with Crippen molar-refractivity contribution in [2.45, 2.75) is 13.5 Å². The average Bonchev–Trinajstić information content (AvgIpc) is 2.46. The fraction of sp³-hybridized carbons (Fsp3) is 0.250. The molecule has 2 rings (SSSR count). The van der Waals surface area contributed by atoms with E-state index >= 15 is 0 Å². The molecule has 1 aromatic carbocycles. The first-order chi connectivity index (χ1) is 10.0. The summed E-state index contributed by atoms with van der Waals surface area (Å²) in [4.78, 5) is 18.3. The number of pyridine rings is 1. The summed E-state index contributed by atoms with van der Waals surface area (Å²) < 4.78 is 4.96. The van der Waals surface area contributed by atoms with Gasteiger partial charge in [-0.05, 0) is 37.3 Å². The molecule has 0 saturated heterocycles. The lowest BCUT2D eigenvalue weighted by molar-refractivity contribution is 0.0783. The largest absolute Gasteiger partial charge is 0.504 e. The summed E-state index contributed by atoms with van der Waals surface area (Å²) in [6.07, 6.45) is 0. The molecule has 0 fully saturated rings. The van der Waals surface area contributed by atoms with E-state index in [1.807, 2.05) is 25.1 Å². The van der Waals surface area contributed by atoms with Crippen molar-refractivity contribution in [3.8, 4) is 11.5 Å². The zero-order valence-corrected chi connectivity index (χ0v) is 12.3. The topological polar surface area (TPSA) is 62.7 Å². The molecule has 1 N–H and O–H groups in total. The molecule has 0 aliphatic heterocycles. The van der Waals surface area contributed by atoms with Crippen molar-refractivity contribution < 1.29 is 14.6 Å². The summed E-state index contributed by atoms with van der Waals surface area (Å²) in [7, 11) is 3.17. The van der Waals surface area contributed by atoms with Gasteiger partial charge in [0, 0.05) is 18.3 Å². The molecule has 21 heavy (non-hydrogen) atoms. The number of phenolic OH excluding ortho intramolecular Hbond substituents is 1. The zero-order chi connectivity index (χ0) is 15.4. The minimum atomic E-state index is -0.184. The number of carbonyl (C=O) groups is 1. The van der Waals surface area contributed by atoms with E-state index in [9.17, 15) is 9.90 Å². The van der Waals surface area contributed by atoms with Crippen LogP contribution in [0.4, 0.5) is 0 Å². The lowest BCUT2D eigenvalue weighted by Crippen LogP contribution is -2.26. The summed E-state index contributed by atoms with van der Waals surface area (Å²) in [5.74, 6) is 0.108. The summed E-state index contributed by atoms with van der Waals surface area (Å²) in [6, 6.07) is 10.3. The van der Waals surface area contributed by atoms with E-state index < -0.39 is 0 Å². The van der Waals surface area contributed by atoms with E-state index in [-0.39, 0.29) is 11.7 Å². The standard InChI is InChI=1S/C16H18N2O3/c1-11-5-4-6-13(17-11)10-18(2)16(20)12-7-8-15(21-3)14(19)9-12/h4-9,19H,10H2,1-3H3. The Morgan fingerprint density at radius 3 is 2.71 bits per heavy atom. The van der Waals surface area contributed by atoms with Crippen LogP contribution in [0.5, 0.6) is 11.5 Å². The molecule has 0 atom stereocenters. The molecule has 0 aliphatic rings. The third-order valence-corrected chi connectivity index (χ3v) is 3.12. The van der Waals surface area contributed by atoms with Gasteiger partial charge < -0.3 is 14.7 Å². The molecule has 0 aliphatic carbocycles. The van der Waals surface area contributed by atoms with Gasteiger partial charge in [0.05, 0.1) is 19.3 Å². The first-order valence-electron chi connectivity index (χ1n) is 6.56. The van der Waals surface area contributed by atoms with Crippen molar-refractivity contribution in [3.05, 3.63) is 53.3 Å². The molecule has 0 spiro atoms. The number of methoxy groups -OCH3 is 1. The number of hydrogen-bond donors (Lipinski definition) is 1. The maximum Gasteiger partial charge on any atom is 0.254 e. The monoisotopic (exact) mass is 286 g/mol. The Morgan fingerprint density at radius 1 is 1.33 bits per heavy atom. The van der Waals surface area contributed by atoms with Gasteiger partial charge in [0.1, 0.15) is 0 Å². The van der Waals surface area contributed by atoms with Gasteiger partial charge in [0.25, 0.3) is 5.91 Å². The predicted molar refractivity (Wildman–Crippen MR) is 79.4 cm³/mol. The number of aryl methyl sites for hydroxylation is 1. The molecule has 5 heteroatoms. The smallest absolute Gasteiger partial charge is 0.254 e. The number of nitrogens with zero attached hydrogens (tertiary/aromatic N) is 2. The minimum Gasteiger partial charge on any atom is -0.504 e. The SMILES string of the molecule is COc1ccc(C(=O)N(C)Cc2cccc(C)n2)cc1O. The van der Waals surface area contributed by atoms with Crippen molar-refractivity contribution in [1.29, 1.82) is 0 Å². The third kappa shape index (κ3) is 3.51. The van der Waals surface area contributed by atoms with Crippen molar-refractivity contribution in [2.75, 3.05) is 14.2 Å². The lowest BCUT2D eigenvalue weighted by Gasteiger charge is -2.17. The van der Waals surface area contributed by atoms with E-state index in [2.05, 4.69) is 4.98 Å². The highest BCUT2D eigenvalue weighted by atomic mass is 16.5. The Morgan fingerprint density at radius 2 is 2.10 bits per heavy atom. The Bertz CT molecular complexity index is 656. The summed E-state index contributed by atoms with van der Waals surface area (Å²) in [5, 5.41) is 9.74. The molecule has 2 aromatic rings. The van der Waals surface area contributed by atoms with Crippen molar-refractivity contribution >= 4 is 5.91 Å². The van der Waals surface area contributed by atoms with Crippen molar-refractivity contribution in [3.63, 3.8) is 0 Å². The zero-order valence-electron chi connectivity index (χ0n) is 12.3. The Kier molecular flexibility index (Phi) is 4.42. The summed E-state index contributed by atoms with van der Waals surface area (Å²) in [5.41, 5.74) is 2.14. The third-order valence-electron chi connectivity index (χ3n) is 3.12. The number of rotatable bonds is 4. The molecule has 1 aromatic heterocycles. The fourth-order valence-electron chi connectivity index (χ4n) is 2.05. The molecule has 110 valence electrons. The van der Waals surface area contributed by atoms with Gasteiger partial charge in [-0.15, -0.1) is 0 Å². The van der Waals surface area contributed by atoms with Crippen LogP contribution in [0.2, 0.25) is 0 Å². The first-order valence-corrected chi connectivity index (χ1v) is 6.56. The fourth-order valence-corrected chi connectivity index (χ4v) is 2.05. The number of carbonyl (C=O) groups excluding carboxylic acids is 1. The van der Waals surface area contributed by atoms with Crippen LogP contribution >= 0.6 is 0 Å². The van der Waals surface area contributed by atoms with Crippen LogP contribution in [0.25, 0.3) is 0 Å². The molecule has 0 unspecified atom stereocenters. The van der Waals surface area contributed by atoms with Gasteiger partial charge in [-0.3, -0.25) is 9.78 Å². The number of benzene rings is 1. The van der Waals surface area contributed by atoms with Crippen LogP contribution < -0.4 is 4.74 Å². The minimum absolute atomic E-state index is 0.0505. The number of amides is 1. The number of hydrogen-bond acceptors (Lipinski definition) is 4. The van der Waals surface area contributed by atoms with Crippen LogP contribution in [-0.4, -0.2) is 35.1 Å². The number of ether oxygens (including phenoxy) is 1. The number of aromatic hydroxyl groups is 1. The highest BCUT2D eigenvalue weighted by Crippen LogP contribution is 2.26. The maximum atomic E-state index is 12.3. The van der Waals surface area contributed by atoms with Gasteiger partial charge >= 0.3 is 0 Å². The van der Waals surface area contributed by atoms with Crippen LogP contribution in [0.3, 0.4) is 0 Å². The molecular weight excluding hydrogens is 268 g/mol.